The summed E-state index contributed by atoms with van der Waals surface area (Å²) in [5.41, 5.74) is 3.27. The van der Waals surface area contributed by atoms with Gasteiger partial charge in [0.05, 0.1) is 18.4 Å². The Hall–Kier alpha value is -3.19. The summed E-state index contributed by atoms with van der Waals surface area (Å²) < 4.78 is 5.35. The van der Waals surface area contributed by atoms with Crippen molar-refractivity contribution in [2.24, 2.45) is 0 Å². The van der Waals surface area contributed by atoms with Crippen molar-refractivity contribution in [3.63, 3.8) is 0 Å². The highest BCUT2D eigenvalue weighted by Gasteiger charge is 2.22. The lowest BCUT2D eigenvalue weighted by molar-refractivity contribution is 0.238. The van der Waals surface area contributed by atoms with Gasteiger partial charge in [0.2, 0.25) is 0 Å². The molecule has 0 saturated carbocycles. The van der Waals surface area contributed by atoms with E-state index in [1.165, 1.54) is 0 Å². The number of aromatic amines is 1. The van der Waals surface area contributed by atoms with E-state index < -0.39 is 0 Å². The molecule has 0 radical (unpaired) electrons. The maximum atomic E-state index is 12.6. The molecule has 0 saturated heterocycles. The molecule has 27 heavy (non-hydrogen) atoms. The van der Waals surface area contributed by atoms with Crippen LogP contribution in [0.15, 0.2) is 47.5 Å². The second kappa shape index (κ2) is 7.20. The van der Waals surface area contributed by atoms with E-state index in [9.17, 15) is 9.90 Å². The summed E-state index contributed by atoms with van der Waals surface area (Å²) in [6.07, 6.45) is 4.07. The number of H-pyrrole nitrogens is 1. The van der Waals surface area contributed by atoms with Crippen molar-refractivity contribution in [1.82, 2.24) is 19.9 Å². The van der Waals surface area contributed by atoms with Crippen LogP contribution in [0.2, 0.25) is 0 Å². The fourth-order valence-electron chi connectivity index (χ4n) is 3.37. The monoisotopic (exact) mass is 364 g/mol. The number of phenols is 1. The smallest absolute Gasteiger partial charge is 0.255 e. The van der Waals surface area contributed by atoms with Gasteiger partial charge >= 0.3 is 0 Å². The first-order valence-electron chi connectivity index (χ1n) is 8.75. The number of pyridine rings is 1. The third-order valence-electron chi connectivity index (χ3n) is 4.77. The van der Waals surface area contributed by atoms with Crippen molar-refractivity contribution in [1.29, 1.82) is 0 Å². The minimum atomic E-state index is -0.103. The van der Waals surface area contributed by atoms with Gasteiger partial charge in [0.25, 0.3) is 5.56 Å². The predicted octanol–water partition coefficient (Wildman–Crippen LogP) is 2.10. The van der Waals surface area contributed by atoms with Crippen molar-refractivity contribution in [3.05, 3.63) is 69.9 Å². The number of hydrogen-bond donors (Lipinski definition) is 2. The molecule has 0 spiro atoms. The number of benzene rings is 1. The van der Waals surface area contributed by atoms with Crippen LogP contribution in [0.25, 0.3) is 11.4 Å². The molecule has 1 aliphatic heterocycles. The molecular weight excluding hydrogens is 344 g/mol. The average molecular weight is 364 g/mol. The fraction of sp³-hybridized carbons (Fsp3) is 0.250. The van der Waals surface area contributed by atoms with Crippen LogP contribution in [0.3, 0.4) is 0 Å². The lowest BCUT2D eigenvalue weighted by Gasteiger charge is -2.28. The molecular formula is C20H20N4O3. The maximum Gasteiger partial charge on any atom is 0.255 e. The SMILES string of the molecule is COc1cc(O)ccc1CN1CCc2nc(-c3ccncc3)[nH]c(=O)c2C1. The predicted molar refractivity (Wildman–Crippen MR) is 101 cm³/mol. The van der Waals surface area contributed by atoms with E-state index in [-0.39, 0.29) is 11.3 Å². The molecule has 3 heterocycles. The zero-order valence-electron chi connectivity index (χ0n) is 15.0. The Bertz CT molecular complexity index is 1020. The number of phenolic OH excluding ortho intramolecular Hbond substituents is 1. The molecule has 7 heteroatoms. The summed E-state index contributed by atoms with van der Waals surface area (Å²) in [6.45, 7) is 1.95. The van der Waals surface area contributed by atoms with E-state index in [2.05, 4.69) is 19.9 Å². The Kier molecular flexibility index (Phi) is 4.60. The molecule has 0 unspecified atom stereocenters. The molecule has 0 amide bonds. The Labute approximate surface area is 156 Å². The van der Waals surface area contributed by atoms with E-state index in [0.29, 0.717) is 36.6 Å². The van der Waals surface area contributed by atoms with Crippen LogP contribution in [0, 0.1) is 0 Å². The summed E-state index contributed by atoms with van der Waals surface area (Å²) in [5, 5.41) is 9.61. The van der Waals surface area contributed by atoms with Crippen LogP contribution in [-0.2, 0) is 19.5 Å². The first kappa shape index (κ1) is 17.2. The van der Waals surface area contributed by atoms with Gasteiger partial charge in [-0.1, -0.05) is 6.07 Å². The number of rotatable bonds is 4. The molecule has 0 fully saturated rings. The first-order chi connectivity index (χ1) is 13.1. The number of fused-ring (bicyclic) bond motifs is 1. The van der Waals surface area contributed by atoms with Crippen LogP contribution in [0.1, 0.15) is 16.8 Å². The highest BCUT2D eigenvalue weighted by molar-refractivity contribution is 5.54. The molecule has 1 aromatic carbocycles. The molecule has 138 valence electrons. The second-order valence-electron chi connectivity index (χ2n) is 6.53. The van der Waals surface area contributed by atoms with Gasteiger partial charge in [-0.05, 0) is 18.2 Å². The highest BCUT2D eigenvalue weighted by Crippen LogP contribution is 2.27. The van der Waals surface area contributed by atoms with Crippen molar-refractivity contribution in [2.45, 2.75) is 19.5 Å². The van der Waals surface area contributed by atoms with E-state index in [1.807, 2.05) is 18.2 Å². The molecule has 2 N–H and O–H groups in total. The van der Waals surface area contributed by atoms with Gasteiger partial charge in [-0.2, -0.15) is 0 Å². The van der Waals surface area contributed by atoms with Crippen molar-refractivity contribution < 1.29 is 9.84 Å². The second-order valence-corrected chi connectivity index (χ2v) is 6.53. The summed E-state index contributed by atoms with van der Waals surface area (Å²) in [6, 6.07) is 8.75. The maximum absolute atomic E-state index is 12.6. The first-order valence-corrected chi connectivity index (χ1v) is 8.75. The van der Waals surface area contributed by atoms with Gasteiger partial charge in [-0.15, -0.1) is 0 Å². The van der Waals surface area contributed by atoms with Gasteiger partial charge in [0.15, 0.2) is 0 Å². The van der Waals surface area contributed by atoms with Gasteiger partial charge in [-0.3, -0.25) is 14.7 Å². The molecule has 0 bridgehead atoms. The van der Waals surface area contributed by atoms with E-state index in [1.54, 1.807) is 31.6 Å². The molecule has 2 aromatic heterocycles. The van der Waals surface area contributed by atoms with Gasteiger partial charge in [-0.25, -0.2) is 4.98 Å². The number of nitrogens with zero attached hydrogens (tertiary/aromatic N) is 3. The van der Waals surface area contributed by atoms with E-state index >= 15 is 0 Å². The zero-order chi connectivity index (χ0) is 18.8. The van der Waals surface area contributed by atoms with Gasteiger partial charge in [0, 0.05) is 55.6 Å². The Balaban J connectivity index is 1.58. The number of ether oxygens (including phenoxy) is 1. The lowest BCUT2D eigenvalue weighted by atomic mass is 10.0. The molecule has 1 aliphatic rings. The highest BCUT2D eigenvalue weighted by atomic mass is 16.5. The van der Waals surface area contributed by atoms with E-state index in [0.717, 1.165) is 23.4 Å². The average Bonchev–Trinajstić information content (AvgIpc) is 2.70. The summed E-state index contributed by atoms with van der Waals surface area (Å²) in [4.78, 5) is 26.4. The van der Waals surface area contributed by atoms with Crippen molar-refractivity contribution in [3.8, 4) is 22.9 Å². The zero-order valence-corrected chi connectivity index (χ0v) is 15.0. The molecule has 0 atom stereocenters. The summed E-state index contributed by atoms with van der Waals surface area (Å²) in [7, 11) is 1.58. The van der Waals surface area contributed by atoms with Crippen LogP contribution >= 0.6 is 0 Å². The van der Waals surface area contributed by atoms with Crippen LogP contribution < -0.4 is 10.3 Å². The Morgan fingerprint density at radius 3 is 2.85 bits per heavy atom. The number of nitrogens with one attached hydrogen (secondary N) is 1. The summed E-state index contributed by atoms with van der Waals surface area (Å²) >= 11 is 0. The largest absolute Gasteiger partial charge is 0.508 e. The number of methoxy groups -OCH3 is 1. The Morgan fingerprint density at radius 1 is 1.26 bits per heavy atom. The van der Waals surface area contributed by atoms with Gasteiger partial charge in [0.1, 0.15) is 17.3 Å². The van der Waals surface area contributed by atoms with Crippen LogP contribution in [-0.4, -0.2) is 38.6 Å². The fourth-order valence-corrected chi connectivity index (χ4v) is 3.37. The number of hydrogen-bond acceptors (Lipinski definition) is 6. The Morgan fingerprint density at radius 2 is 2.07 bits per heavy atom. The summed E-state index contributed by atoms with van der Waals surface area (Å²) in [5.74, 6) is 1.39. The molecule has 7 nitrogen and oxygen atoms in total. The minimum absolute atomic E-state index is 0.103. The van der Waals surface area contributed by atoms with E-state index in [4.69, 9.17) is 4.74 Å². The third kappa shape index (κ3) is 3.54. The van der Waals surface area contributed by atoms with Gasteiger partial charge < -0.3 is 14.8 Å². The standard InChI is InChI=1S/C20H20N4O3/c1-27-18-10-15(25)3-2-14(18)11-24-9-6-17-16(12-24)20(26)23-19(22-17)13-4-7-21-8-5-13/h2-5,7-8,10,25H,6,9,11-12H2,1H3,(H,22,23,26). The van der Waals surface area contributed by atoms with Crippen LogP contribution in [0.4, 0.5) is 0 Å². The molecule has 0 aliphatic carbocycles. The normalized spacial score (nSPS) is 14.0. The minimum Gasteiger partial charge on any atom is -0.508 e. The quantitative estimate of drug-likeness (QED) is 0.737. The van der Waals surface area contributed by atoms with Crippen LogP contribution in [0.5, 0.6) is 11.5 Å². The molecule has 4 rings (SSSR count). The number of aromatic nitrogens is 3. The van der Waals surface area contributed by atoms with Crippen molar-refractivity contribution in [2.75, 3.05) is 13.7 Å². The topological polar surface area (TPSA) is 91.3 Å². The molecule has 3 aromatic rings. The van der Waals surface area contributed by atoms with Crippen molar-refractivity contribution >= 4 is 0 Å². The third-order valence-corrected chi connectivity index (χ3v) is 4.77. The lowest BCUT2D eigenvalue weighted by Crippen LogP contribution is -2.35. The number of aromatic hydroxyl groups is 1.